The third-order valence-corrected chi connectivity index (χ3v) is 5.14. The van der Waals surface area contributed by atoms with Crippen molar-refractivity contribution in [2.75, 3.05) is 5.75 Å². The number of halogens is 1. The van der Waals surface area contributed by atoms with Gasteiger partial charge in [-0.05, 0) is 35.6 Å². The number of hydrogen-bond acceptors (Lipinski definition) is 2. The molecule has 112 valence electrons. The quantitative estimate of drug-likeness (QED) is 0.747. The van der Waals surface area contributed by atoms with Crippen LogP contribution in [0.2, 0.25) is 5.02 Å². The molecule has 1 atom stereocenters. The van der Waals surface area contributed by atoms with Crippen LogP contribution in [-0.4, -0.2) is 11.8 Å². The van der Waals surface area contributed by atoms with Gasteiger partial charge in [-0.3, -0.25) is 0 Å². The van der Waals surface area contributed by atoms with Gasteiger partial charge in [0.05, 0.1) is 5.02 Å². The van der Waals surface area contributed by atoms with E-state index in [0.29, 0.717) is 5.92 Å². The molecule has 0 radical (unpaired) electrons. The van der Waals surface area contributed by atoms with E-state index in [0.717, 1.165) is 22.1 Å². The van der Waals surface area contributed by atoms with Gasteiger partial charge in [0.25, 0.3) is 0 Å². The van der Waals surface area contributed by atoms with Gasteiger partial charge in [-0.1, -0.05) is 61.8 Å². The van der Waals surface area contributed by atoms with Crippen LogP contribution in [0, 0.1) is 0 Å². The van der Waals surface area contributed by atoms with E-state index in [1.807, 2.05) is 24.3 Å². The monoisotopic (exact) mass is 319 g/mol. The van der Waals surface area contributed by atoms with E-state index < -0.39 is 0 Å². The summed E-state index contributed by atoms with van der Waals surface area (Å²) in [6, 6.07) is 16.8. The van der Waals surface area contributed by atoms with Gasteiger partial charge in [-0.25, -0.2) is 0 Å². The Bertz CT molecular complexity index is 566. The first kappa shape index (κ1) is 16.4. The summed E-state index contributed by atoms with van der Waals surface area (Å²) in [6.07, 6.45) is 0.899. The van der Waals surface area contributed by atoms with Gasteiger partial charge in [0.15, 0.2) is 0 Å². The van der Waals surface area contributed by atoms with Crippen LogP contribution in [0.25, 0.3) is 0 Å². The number of benzene rings is 2. The molecule has 0 bridgehead atoms. The molecule has 0 aliphatic rings. The first-order chi connectivity index (χ1) is 10.1. The highest BCUT2D eigenvalue weighted by Crippen LogP contribution is 2.27. The zero-order valence-electron chi connectivity index (χ0n) is 12.6. The van der Waals surface area contributed by atoms with Crippen molar-refractivity contribution < 1.29 is 0 Å². The molecular formula is C18H22ClNS. The van der Waals surface area contributed by atoms with Crippen molar-refractivity contribution >= 4 is 23.4 Å². The SMILES string of the molecule is CC(C)c1ccc(CC(N)CSc2ccccc2Cl)cc1. The molecule has 1 nitrogen and oxygen atoms in total. The van der Waals surface area contributed by atoms with E-state index in [4.69, 9.17) is 17.3 Å². The molecular weight excluding hydrogens is 298 g/mol. The van der Waals surface area contributed by atoms with Crippen molar-refractivity contribution in [1.82, 2.24) is 0 Å². The molecule has 0 spiro atoms. The van der Waals surface area contributed by atoms with E-state index in [1.165, 1.54) is 11.1 Å². The van der Waals surface area contributed by atoms with E-state index in [-0.39, 0.29) is 6.04 Å². The molecule has 2 aromatic carbocycles. The van der Waals surface area contributed by atoms with Crippen molar-refractivity contribution in [2.45, 2.75) is 37.1 Å². The molecule has 1 unspecified atom stereocenters. The van der Waals surface area contributed by atoms with Crippen LogP contribution < -0.4 is 5.73 Å². The Morgan fingerprint density at radius 2 is 1.71 bits per heavy atom. The first-order valence-corrected chi connectivity index (χ1v) is 8.64. The van der Waals surface area contributed by atoms with Crippen LogP contribution >= 0.6 is 23.4 Å². The Labute approximate surface area is 136 Å². The Morgan fingerprint density at radius 1 is 1.05 bits per heavy atom. The molecule has 2 aromatic rings. The van der Waals surface area contributed by atoms with E-state index in [9.17, 15) is 0 Å². The summed E-state index contributed by atoms with van der Waals surface area (Å²) in [6.45, 7) is 4.42. The zero-order chi connectivity index (χ0) is 15.2. The van der Waals surface area contributed by atoms with Gasteiger partial charge in [0.1, 0.15) is 0 Å². The smallest absolute Gasteiger partial charge is 0.0541 e. The lowest BCUT2D eigenvalue weighted by Gasteiger charge is -2.13. The van der Waals surface area contributed by atoms with Gasteiger partial charge in [0.2, 0.25) is 0 Å². The fraction of sp³-hybridized carbons (Fsp3) is 0.333. The fourth-order valence-electron chi connectivity index (χ4n) is 2.16. The summed E-state index contributed by atoms with van der Waals surface area (Å²) in [5.74, 6) is 1.44. The number of rotatable bonds is 6. The molecule has 2 N–H and O–H groups in total. The Hall–Kier alpha value is -0.960. The molecule has 0 aromatic heterocycles. The highest BCUT2D eigenvalue weighted by atomic mass is 35.5. The van der Waals surface area contributed by atoms with Crippen molar-refractivity contribution in [1.29, 1.82) is 0 Å². The molecule has 0 fully saturated rings. The van der Waals surface area contributed by atoms with Crippen molar-refractivity contribution in [3.63, 3.8) is 0 Å². The molecule has 0 aliphatic heterocycles. The topological polar surface area (TPSA) is 26.0 Å². The predicted octanol–water partition coefficient (Wildman–Crippen LogP) is 5.13. The van der Waals surface area contributed by atoms with Gasteiger partial charge in [-0.15, -0.1) is 11.8 Å². The molecule has 21 heavy (non-hydrogen) atoms. The summed E-state index contributed by atoms with van der Waals surface area (Å²) in [5, 5.41) is 0.802. The van der Waals surface area contributed by atoms with Gasteiger partial charge in [-0.2, -0.15) is 0 Å². The van der Waals surface area contributed by atoms with E-state index in [2.05, 4.69) is 38.1 Å². The second kappa shape index (κ2) is 7.88. The third kappa shape index (κ3) is 5.06. The average Bonchev–Trinajstić information content (AvgIpc) is 2.47. The summed E-state index contributed by atoms with van der Waals surface area (Å²) < 4.78 is 0. The zero-order valence-corrected chi connectivity index (χ0v) is 14.1. The summed E-state index contributed by atoms with van der Waals surface area (Å²) in [7, 11) is 0. The molecule has 3 heteroatoms. The van der Waals surface area contributed by atoms with E-state index in [1.54, 1.807) is 11.8 Å². The van der Waals surface area contributed by atoms with Crippen LogP contribution in [0.5, 0.6) is 0 Å². The minimum Gasteiger partial charge on any atom is -0.327 e. The second-order valence-electron chi connectivity index (χ2n) is 5.60. The van der Waals surface area contributed by atoms with Crippen LogP contribution in [0.1, 0.15) is 30.9 Å². The molecule has 0 saturated heterocycles. The van der Waals surface area contributed by atoms with Crippen LogP contribution in [-0.2, 0) is 6.42 Å². The largest absolute Gasteiger partial charge is 0.327 e. The molecule has 0 saturated carbocycles. The van der Waals surface area contributed by atoms with Gasteiger partial charge < -0.3 is 5.73 Å². The Kier molecular flexibility index (Phi) is 6.16. The first-order valence-electron chi connectivity index (χ1n) is 7.28. The number of hydrogen-bond donors (Lipinski definition) is 1. The molecule has 0 aliphatic carbocycles. The van der Waals surface area contributed by atoms with Crippen LogP contribution in [0.3, 0.4) is 0 Å². The second-order valence-corrected chi connectivity index (χ2v) is 7.07. The maximum Gasteiger partial charge on any atom is 0.0541 e. The van der Waals surface area contributed by atoms with Crippen LogP contribution in [0.15, 0.2) is 53.4 Å². The lowest BCUT2D eigenvalue weighted by Crippen LogP contribution is -2.25. The lowest BCUT2D eigenvalue weighted by atomic mass is 10.00. The molecule has 0 heterocycles. The highest BCUT2D eigenvalue weighted by molar-refractivity contribution is 7.99. The average molecular weight is 320 g/mol. The minimum atomic E-state index is 0.135. The Balaban J connectivity index is 1.87. The normalized spacial score (nSPS) is 12.6. The van der Waals surface area contributed by atoms with Gasteiger partial charge >= 0.3 is 0 Å². The highest BCUT2D eigenvalue weighted by Gasteiger charge is 2.07. The lowest BCUT2D eigenvalue weighted by molar-refractivity contribution is 0.747. The molecule has 2 rings (SSSR count). The third-order valence-electron chi connectivity index (χ3n) is 3.43. The Morgan fingerprint density at radius 3 is 2.33 bits per heavy atom. The summed E-state index contributed by atoms with van der Waals surface area (Å²) in [4.78, 5) is 1.10. The van der Waals surface area contributed by atoms with Crippen LogP contribution in [0.4, 0.5) is 0 Å². The van der Waals surface area contributed by atoms with Gasteiger partial charge in [0, 0.05) is 16.7 Å². The number of nitrogens with two attached hydrogens (primary N) is 1. The maximum atomic E-state index is 6.24. The fourth-order valence-corrected chi connectivity index (χ4v) is 3.35. The predicted molar refractivity (Wildman–Crippen MR) is 94.4 cm³/mol. The summed E-state index contributed by atoms with van der Waals surface area (Å²) in [5.41, 5.74) is 8.91. The van der Waals surface area contributed by atoms with Crippen molar-refractivity contribution in [3.8, 4) is 0 Å². The standard InChI is InChI=1S/C18H22ClNS/c1-13(2)15-9-7-14(8-10-15)11-16(20)12-21-18-6-4-3-5-17(18)19/h3-10,13,16H,11-12,20H2,1-2H3. The van der Waals surface area contributed by atoms with Crippen molar-refractivity contribution in [3.05, 3.63) is 64.7 Å². The maximum absolute atomic E-state index is 6.24. The van der Waals surface area contributed by atoms with Crippen molar-refractivity contribution in [2.24, 2.45) is 5.73 Å². The minimum absolute atomic E-state index is 0.135. The van der Waals surface area contributed by atoms with E-state index >= 15 is 0 Å². The number of thioether (sulfide) groups is 1. The molecule has 0 amide bonds. The summed E-state index contributed by atoms with van der Waals surface area (Å²) >= 11 is 7.88.